The fourth-order valence-corrected chi connectivity index (χ4v) is 3.38. The van der Waals surface area contributed by atoms with Crippen LogP contribution >= 0.6 is 0 Å². The van der Waals surface area contributed by atoms with Crippen LogP contribution in [-0.4, -0.2) is 72.1 Å². The van der Waals surface area contributed by atoms with E-state index in [2.05, 4.69) is 77.1 Å². The third-order valence-corrected chi connectivity index (χ3v) is 4.57. The molecular formula is C19H43N3. The van der Waals surface area contributed by atoms with E-state index in [4.69, 9.17) is 0 Å². The first-order chi connectivity index (χ1) is 10.2. The summed E-state index contributed by atoms with van der Waals surface area (Å²) in [6.45, 7) is 23.3. The van der Waals surface area contributed by atoms with Crippen molar-refractivity contribution < 1.29 is 0 Å². The smallest absolute Gasteiger partial charge is 0.00413 e. The Morgan fingerprint density at radius 3 is 1.00 bits per heavy atom. The van der Waals surface area contributed by atoms with Gasteiger partial charge in [-0.2, -0.15) is 0 Å². The van der Waals surface area contributed by atoms with Crippen molar-refractivity contribution in [3.8, 4) is 0 Å². The number of hydrogen-bond donors (Lipinski definition) is 0. The van der Waals surface area contributed by atoms with Gasteiger partial charge in [0.2, 0.25) is 0 Å². The van der Waals surface area contributed by atoms with Gasteiger partial charge in [-0.05, 0) is 101 Å². The second-order valence-corrected chi connectivity index (χ2v) is 7.86. The maximum absolute atomic E-state index is 2.59. The van der Waals surface area contributed by atoms with Crippen molar-refractivity contribution in [1.82, 2.24) is 14.7 Å². The molecule has 0 saturated heterocycles. The molecule has 0 rings (SSSR count). The minimum absolute atomic E-state index is 0.649. The molecule has 0 radical (unpaired) electrons. The monoisotopic (exact) mass is 313 g/mol. The van der Waals surface area contributed by atoms with Gasteiger partial charge in [0.05, 0.1) is 0 Å². The third-order valence-electron chi connectivity index (χ3n) is 4.57. The molecule has 0 amide bonds. The molecule has 22 heavy (non-hydrogen) atoms. The number of nitrogens with zero attached hydrogens (tertiary/aromatic N) is 3. The van der Waals surface area contributed by atoms with Gasteiger partial charge in [0.25, 0.3) is 0 Å². The van der Waals surface area contributed by atoms with Gasteiger partial charge in [-0.3, -0.25) is 9.80 Å². The van der Waals surface area contributed by atoms with E-state index in [1.165, 1.54) is 39.0 Å². The summed E-state index contributed by atoms with van der Waals surface area (Å²) in [4.78, 5) is 7.68. The van der Waals surface area contributed by atoms with Gasteiger partial charge in [0, 0.05) is 24.2 Å². The molecule has 0 aliphatic carbocycles. The topological polar surface area (TPSA) is 9.72 Å². The van der Waals surface area contributed by atoms with Crippen LogP contribution in [0, 0.1) is 0 Å². The first-order valence-electron chi connectivity index (χ1n) is 9.36. The fraction of sp³-hybridized carbons (Fsp3) is 1.00. The highest BCUT2D eigenvalue weighted by Gasteiger charge is 2.14. The molecule has 0 heterocycles. The highest BCUT2D eigenvalue weighted by molar-refractivity contribution is 4.70. The summed E-state index contributed by atoms with van der Waals surface area (Å²) in [6, 6.07) is 2.60. The van der Waals surface area contributed by atoms with Gasteiger partial charge in [-0.25, -0.2) is 0 Å². The standard InChI is InChI=1S/C19H43N3/c1-16(2)21(17(3)4)14-10-12-20(9)13-11-15-22(18(5)6)19(7)8/h16-19H,10-15H2,1-9H3. The SMILES string of the molecule is CC(C)N(CCCN(C)CCCN(C(C)C)C(C)C)C(C)C. The van der Waals surface area contributed by atoms with Crippen molar-refractivity contribution in [3.63, 3.8) is 0 Å². The Bertz CT molecular complexity index is 219. The minimum Gasteiger partial charge on any atom is -0.306 e. The lowest BCUT2D eigenvalue weighted by Crippen LogP contribution is -2.40. The first-order valence-corrected chi connectivity index (χ1v) is 9.36. The Kier molecular flexibility index (Phi) is 11.4. The van der Waals surface area contributed by atoms with Crippen LogP contribution in [0.15, 0.2) is 0 Å². The van der Waals surface area contributed by atoms with Crippen molar-refractivity contribution >= 4 is 0 Å². The normalized spacial score (nSPS) is 13.1. The molecule has 0 spiro atoms. The second-order valence-electron chi connectivity index (χ2n) is 7.86. The molecule has 134 valence electrons. The van der Waals surface area contributed by atoms with Crippen LogP contribution in [-0.2, 0) is 0 Å². The van der Waals surface area contributed by atoms with Crippen molar-refractivity contribution in [1.29, 1.82) is 0 Å². The molecule has 0 aromatic heterocycles. The average Bonchev–Trinajstić information content (AvgIpc) is 2.37. The summed E-state index contributed by atoms with van der Waals surface area (Å²) in [5, 5.41) is 0. The lowest BCUT2D eigenvalue weighted by Gasteiger charge is -2.32. The van der Waals surface area contributed by atoms with Gasteiger partial charge < -0.3 is 4.90 Å². The summed E-state index contributed by atoms with van der Waals surface area (Å²) in [7, 11) is 2.27. The largest absolute Gasteiger partial charge is 0.306 e. The number of rotatable bonds is 12. The maximum atomic E-state index is 2.59. The third kappa shape index (κ3) is 9.12. The van der Waals surface area contributed by atoms with Crippen molar-refractivity contribution in [3.05, 3.63) is 0 Å². The summed E-state index contributed by atoms with van der Waals surface area (Å²) in [5.41, 5.74) is 0. The van der Waals surface area contributed by atoms with Crippen LogP contribution in [0.25, 0.3) is 0 Å². The predicted molar refractivity (Wildman–Crippen MR) is 101 cm³/mol. The van der Waals surface area contributed by atoms with E-state index in [-0.39, 0.29) is 0 Å². The quantitative estimate of drug-likeness (QED) is 0.540. The molecule has 0 atom stereocenters. The Hall–Kier alpha value is -0.120. The highest BCUT2D eigenvalue weighted by atomic mass is 15.2. The zero-order valence-corrected chi connectivity index (χ0v) is 16.9. The summed E-state index contributed by atoms with van der Waals surface area (Å²) < 4.78 is 0. The van der Waals surface area contributed by atoms with E-state index in [0.717, 1.165) is 0 Å². The van der Waals surface area contributed by atoms with E-state index in [1.54, 1.807) is 0 Å². The molecule has 0 aromatic carbocycles. The highest BCUT2D eigenvalue weighted by Crippen LogP contribution is 2.08. The van der Waals surface area contributed by atoms with E-state index in [1.807, 2.05) is 0 Å². The van der Waals surface area contributed by atoms with E-state index in [0.29, 0.717) is 24.2 Å². The molecule has 0 unspecified atom stereocenters. The van der Waals surface area contributed by atoms with Gasteiger partial charge in [-0.15, -0.1) is 0 Å². The van der Waals surface area contributed by atoms with Crippen LogP contribution in [0.3, 0.4) is 0 Å². The van der Waals surface area contributed by atoms with E-state index >= 15 is 0 Å². The zero-order chi connectivity index (χ0) is 17.3. The van der Waals surface area contributed by atoms with Crippen LogP contribution in [0.5, 0.6) is 0 Å². The Morgan fingerprint density at radius 2 is 0.773 bits per heavy atom. The zero-order valence-electron chi connectivity index (χ0n) is 16.9. The van der Waals surface area contributed by atoms with Gasteiger partial charge in [0.1, 0.15) is 0 Å². The Balaban J connectivity index is 3.93. The second kappa shape index (κ2) is 11.4. The average molecular weight is 314 g/mol. The van der Waals surface area contributed by atoms with Gasteiger partial charge in [0.15, 0.2) is 0 Å². The van der Waals surface area contributed by atoms with E-state index in [9.17, 15) is 0 Å². The summed E-state index contributed by atoms with van der Waals surface area (Å²) >= 11 is 0. The summed E-state index contributed by atoms with van der Waals surface area (Å²) in [5.74, 6) is 0. The molecule has 0 aliphatic heterocycles. The Labute approximate surface area is 141 Å². The molecule has 0 aromatic rings. The van der Waals surface area contributed by atoms with Crippen LogP contribution in [0.4, 0.5) is 0 Å². The molecule has 0 saturated carbocycles. The summed E-state index contributed by atoms with van der Waals surface area (Å²) in [6.07, 6.45) is 2.54. The van der Waals surface area contributed by atoms with Crippen molar-refractivity contribution in [2.45, 2.75) is 92.4 Å². The van der Waals surface area contributed by atoms with Crippen LogP contribution in [0.1, 0.15) is 68.2 Å². The molecule has 0 N–H and O–H groups in total. The molecule has 0 fully saturated rings. The molecule has 0 aliphatic rings. The molecule has 3 heteroatoms. The maximum Gasteiger partial charge on any atom is 0.00413 e. The minimum atomic E-state index is 0.649. The van der Waals surface area contributed by atoms with Crippen molar-refractivity contribution in [2.24, 2.45) is 0 Å². The Morgan fingerprint density at radius 1 is 0.500 bits per heavy atom. The first kappa shape index (κ1) is 21.9. The number of hydrogen-bond acceptors (Lipinski definition) is 3. The molecule has 3 nitrogen and oxygen atoms in total. The van der Waals surface area contributed by atoms with Crippen LogP contribution < -0.4 is 0 Å². The van der Waals surface area contributed by atoms with Gasteiger partial charge in [-0.1, -0.05) is 0 Å². The van der Waals surface area contributed by atoms with Crippen LogP contribution in [0.2, 0.25) is 0 Å². The molecular weight excluding hydrogens is 270 g/mol. The van der Waals surface area contributed by atoms with Gasteiger partial charge >= 0.3 is 0 Å². The predicted octanol–water partition coefficient (Wildman–Crippen LogP) is 3.94. The lowest BCUT2D eigenvalue weighted by atomic mass is 10.2. The molecule has 0 bridgehead atoms. The lowest BCUT2D eigenvalue weighted by molar-refractivity contribution is 0.154. The fourth-order valence-electron chi connectivity index (χ4n) is 3.38. The van der Waals surface area contributed by atoms with Crippen molar-refractivity contribution in [2.75, 3.05) is 33.2 Å². The van der Waals surface area contributed by atoms with E-state index < -0.39 is 0 Å².